The van der Waals surface area contributed by atoms with Gasteiger partial charge in [-0.3, -0.25) is 0 Å². The maximum Gasteiger partial charge on any atom is 0.194 e. The van der Waals surface area contributed by atoms with E-state index in [1.807, 2.05) is 45.0 Å². The zero-order chi connectivity index (χ0) is 31.1. The van der Waals surface area contributed by atoms with Gasteiger partial charge >= 0.3 is 0 Å². The smallest absolute Gasteiger partial charge is 0.194 e. The Balaban J connectivity index is 1.52. The highest BCUT2D eigenvalue weighted by molar-refractivity contribution is 8.00. The van der Waals surface area contributed by atoms with Crippen LogP contribution < -0.4 is 0 Å². The summed E-state index contributed by atoms with van der Waals surface area (Å²) in [4.78, 5) is 0. The molecule has 0 saturated carbocycles. The van der Waals surface area contributed by atoms with Crippen LogP contribution in [-0.4, -0.2) is 85.6 Å². The normalized spacial score (nSPS) is 29.9. The lowest BCUT2D eigenvalue weighted by atomic mass is 9.79. The van der Waals surface area contributed by atoms with E-state index in [0.29, 0.717) is 19.4 Å². The summed E-state index contributed by atoms with van der Waals surface area (Å²) in [6.45, 7) is 5.66. The second-order valence-corrected chi connectivity index (χ2v) is 13.0. The summed E-state index contributed by atoms with van der Waals surface area (Å²) < 4.78 is 60.7. The highest BCUT2D eigenvalue weighted by Crippen LogP contribution is 2.52. The van der Waals surface area contributed by atoms with Crippen molar-refractivity contribution >= 4 is 11.8 Å². The first-order valence-electron chi connectivity index (χ1n) is 14.0. The van der Waals surface area contributed by atoms with E-state index in [2.05, 4.69) is 10.3 Å². The van der Waals surface area contributed by atoms with E-state index in [9.17, 15) is 28.5 Å². The molecule has 2 aromatic carbocycles. The van der Waals surface area contributed by atoms with Crippen LogP contribution in [0.4, 0.5) is 13.2 Å². The van der Waals surface area contributed by atoms with Crippen molar-refractivity contribution in [3.63, 3.8) is 0 Å². The molecule has 7 atom stereocenters. The van der Waals surface area contributed by atoms with Crippen LogP contribution in [-0.2, 0) is 14.2 Å². The minimum Gasteiger partial charge on any atom is -0.394 e. The van der Waals surface area contributed by atoms with Crippen LogP contribution in [0, 0.1) is 24.4 Å². The van der Waals surface area contributed by atoms with Gasteiger partial charge in [-0.15, -0.1) is 16.9 Å². The fourth-order valence-corrected chi connectivity index (χ4v) is 7.86. The van der Waals surface area contributed by atoms with Crippen molar-refractivity contribution in [3.8, 4) is 11.3 Å². The van der Waals surface area contributed by atoms with Crippen molar-refractivity contribution in [1.29, 1.82) is 0 Å². The lowest BCUT2D eigenvalue weighted by molar-refractivity contribution is -0.187. The van der Waals surface area contributed by atoms with Gasteiger partial charge in [-0.05, 0) is 44.0 Å². The Morgan fingerprint density at radius 1 is 1.19 bits per heavy atom. The van der Waals surface area contributed by atoms with Crippen LogP contribution in [0.2, 0.25) is 0 Å². The molecular weight excluding hydrogens is 587 g/mol. The first-order chi connectivity index (χ1) is 20.4. The van der Waals surface area contributed by atoms with E-state index in [1.54, 1.807) is 0 Å². The average molecular weight is 624 g/mol. The average Bonchev–Trinajstić information content (AvgIpc) is 3.44. The molecule has 0 aliphatic carbocycles. The number of thioether (sulfide) groups is 1. The standard InChI is InChI=1S/C30H36F3N3O6S/c1-16-7-5-6-8-18(16)27(30(39)9-10-41-29(2,3)15-30)43-28-26(40-4)24(25(38)22(14-37)42-28)36-13-21(34-35-36)17-11-19(31)23(33)20(32)12-17/h5-8,11-13,22,24-28,37-39H,9-10,14-15H2,1-4H3/t22-,24+,25+,26-,27-,28+,30?/m1/s1. The first-order valence-corrected chi connectivity index (χ1v) is 14.9. The molecule has 3 heterocycles. The van der Waals surface area contributed by atoms with Gasteiger partial charge in [0.15, 0.2) is 17.5 Å². The number of aromatic nitrogens is 3. The number of rotatable bonds is 8. The van der Waals surface area contributed by atoms with Crippen molar-refractivity contribution in [3.05, 3.63) is 71.2 Å². The second-order valence-electron chi connectivity index (χ2n) is 11.8. The fraction of sp³-hybridized carbons (Fsp3) is 0.533. The Morgan fingerprint density at radius 2 is 1.88 bits per heavy atom. The van der Waals surface area contributed by atoms with Gasteiger partial charge in [0.25, 0.3) is 0 Å². The summed E-state index contributed by atoms with van der Waals surface area (Å²) in [7, 11) is 1.44. The zero-order valence-electron chi connectivity index (χ0n) is 24.3. The number of hydrogen-bond donors (Lipinski definition) is 3. The van der Waals surface area contributed by atoms with E-state index in [4.69, 9.17) is 14.2 Å². The molecule has 2 saturated heterocycles. The highest BCUT2D eigenvalue weighted by Gasteiger charge is 2.52. The van der Waals surface area contributed by atoms with Crippen LogP contribution in [0.15, 0.2) is 42.6 Å². The molecule has 5 rings (SSSR count). The number of aliphatic hydroxyl groups is 3. The summed E-state index contributed by atoms with van der Waals surface area (Å²) in [5.41, 5.74) is -0.735. The molecule has 0 amide bonds. The molecule has 13 heteroatoms. The van der Waals surface area contributed by atoms with Crippen molar-refractivity contribution in [2.24, 2.45) is 0 Å². The zero-order valence-corrected chi connectivity index (χ0v) is 25.1. The first kappa shape index (κ1) is 31.9. The Bertz CT molecular complexity index is 1420. The third kappa shape index (κ3) is 6.35. The van der Waals surface area contributed by atoms with Crippen molar-refractivity contribution < 1.29 is 42.7 Å². The molecule has 1 aromatic heterocycles. The van der Waals surface area contributed by atoms with Gasteiger partial charge in [-0.2, -0.15) is 0 Å². The monoisotopic (exact) mass is 623 g/mol. The summed E-state index contributed by atoms with van der Waals surface area (Å²) in [5, 5.41) is 41.2. The maximum atomic E-state index is 13.9. The Kier molecular flexibility index (Phi) is 9.25. The summed E-state index contributed by atoms with van der Waals surface area (Å²) in [5.74, 6) is -4.35. The molecule has 234 valence electrons. The minimum absolute atomic E-state index is 0.0348. The van der Waals surface area contributed by atoms with E-state index in [1.165, 1.54) is 29.8 Å². The molecule has 0 spiro atoms. The van der Waals surface area contributed by atoms with Crippen LogP contribution >= 0.6 is 11.8 Å². The number of hydrogen-bond acceptors (Lipinski definition) is 9. The van der Waals surface area contributed by atoms with Gasteiger partial charge in [0.05, 0.1) is 35.9 Å². The van der Waals surface area contributed by atoms with E-state index in [0.717, 1.165) is 23.3 Å². The third-order valence-electron chi connectivity index (χ3n) is 8.18. The molecule has 3 N–H and O–H groups in total. The molecule has 0 bridgehead atoms. The van der Waals surface area contributed by atoms with Crippen molar-refractivity contribution in [2.45, 2.75) is 79.9 Å². The fourth-order valence-electron chi connectivity index (χ4n) is 6.09. The number of methoxy groups -OCH3 is 1. The number of benzene rings is 2. The number of aryl methyl sites for hydroxylation is 1. The maximum absolute atomic E-state index is 13.9. The molecule has 43 heavy (non-hydrogen) atoms. The molecule has 2 aliphatic rings. The lowest BCUT2D eigenvalue weighted by Gasteiger charge is -2.49. The van der Waals surface area contributed by atoms with Crippen molar-refractivity contribution in [1.82, 2.24) is 15.0 Å². The van der Waals surface area contributed by atoms with Gasteiger partial charge < -0.3 is 29.5 Å². The molecule has 9 nitrogen and oxygen atoms in total. The van der Waals surface area contributed by atoms with Crippen LogP contribution in [0.3, 0.4) is 0 Å². The third-order valence-corrected chi connectivity index (χ3v) is 9.79. The molecule has 0 radical (unpaired) electrons. The number of nitrogens with zero attached hydrogens (tertiary/aromatic N) is 3. The number of halogens is 3. The molecular formula is C30H36F3N3O6S. The van der Waals surface area contributed by atoms with Crippen molar-refractivity contribution in [2.75, 3.05) is 20.3 Å². The summed E-state index contributed by atoms with van der Waals surface area (Å²) in [6, 6.07) is 8.40. The Morgan fingerprint density at radius 3 is 2.51 bits per heavy atom. The highest BCUT2D eigenvalue weighted by atomic mass is 32.2. The van der Waals surface area contributed by atoms with E-state index < -0.39 is 70.3 Å². The van der Waals surface area contributed by atoms with Crippen LogP contribution in [0.1, 0.15) is 49.1 Å². The predicted molar refractivity (Wildman–Crippen MR) is 153 cm³/mol. The quantitative estimate of drug-likeness (QED) is 0.319. The Hall–Kier alpha value is -2.52. The lowest BCUT2D eigenvalue weighted by Crippen LogP contribution is -2.56. The van der Waals surface area contributed by atoms with E-state index >= 15 is 0 Å². The van der Waals surface area contributed by atoms with Gasteiger partial charge in [-0.1, -0.05) is 29.5 Å². The summed E-state index contributed by atoms with van der Waals surface area (Å²) >= 11 is 1.32. The van der Waals surface area contributed by atoms with Crippen LogP contribution in [0.5, 0.6) is 0 Å². The SMILES string of the molecule is CO[C@@H]1[C@@H](n2cc(-c3cc(F)c(F)c(F)c3)nn2)[C@@H](O)[C@@H](CO)O[C@H]1S[C@H](c1ccccc1C)C1(O)CCOC(C)(C)C1. The predicted octanol–water partition coefficient (Wildman–Crippen LogP) is 4.10. The summed E-state index contributed by atoms with van der Waals surface area (Å²) in [6.07, 6.45) is -1.16. The van der Waals surface area contributed by atoms with Gasteiger partial charge in [0.2, 0.25) is 0 Å². The Labute approximate surface area is 252 Å². The van der Waals surface area contributed by atoms with Gasteiger partial charge in [-0.25, -0.2) is 17.9 Å². The second kappa shape index (κ2) is 12.5. The largest absolute Gasteiger partial charge is 0.394 e. The van der Waals surface area contributed by atoms with Gasteiger partial charge in [0, 0.05) is 25.5 Å². The minimum atomic E-state index is -1.60. The molecule has 3 aromatic rings. The molecule has 2 fully saturated rings. The molecule has 2 aliphatic heterocycles. The van der Waals surface area contributed by atoms with Gasteiger partial charge in [0.1, 0.15) is 35.5 Å². The van der Waals surface area contributed by atoms with Crippen LogP contribution in [0.25, 0.3) is 11.3 Å². The topological polar surface area (TPSA) is 119 Å². The van der Waals surface area contributed by atoms with E-state index in [-0.39, 0.29) is 11.3 Å². The molecule has 1 unspecified atom stereocenters. The number of aliphatic hydroxyl groups excluding tert-OH is 2. The number of ether oxygens (including phenoxy) is 3.